The van der Waals surface area contributed by atoms with Crippen LogP contribution in [-0.4, -0.2) is 30.8 Å². The molecule has 4 aromatic rings. The number of nitrogens with one attached hydrogen (secondary N) is 2. The smallest absolute Gasteiger partial charge is 0.257 e. The molecule has 2 aromatic carbocycles. The fourth-order valence-electron chi connectivity index (χ4n) is 3.28. The number of aryl methyl sites for hydroxylation is 1. The van der Waals surface area contributed by atoms with Crippen molar-refractivity contribution in [3.05, 3.63) is 65.0 Å². The number of aromatic nitrogens is 4. The highest BCUT2D eigenvalue weighted by Crippen LogP contribution is 2.31. The number of carbonyl (C=O) groups excluding carboxylic acids is 1. The molecular weight excluding hydrogens is 440 g/mol. The molecule has 164 valence electrons. The highest BCUT2D eigenvalue weighted by atomic mass is 32.1. The number of rotatable bonds is 3. The van der Waals surface area contributed by atoms with Gasteiger partial charge >= 0.3 is 0 Å². The molecule has 0 saturated heterocycles. The van der Waals surface area contributed by atoms with Crippen molar-refractivity contribution in [1.82, 2.24) is 25.1 Å². The Morgan fingerprint density at radius 2 is 1.78 bits per heavy atom. The maximum atomic E-state index is 12.6. The van der Waals surface area contributed by atoms with Gasteiger partial charge in [-0.15, -0.1) is 10.2 Å². The lowest BCUT2D eigenvalue weighted by Gasteiger charge is -2.19. The molecule has 0 saturated carbocycles. The zero-order valence-corrected chi connectivity index (χ0v) is 20.2. The van der Waals surface area contributed by atoms with Gasteiger partial charge in [0.2, 0.25) is 4.96 Å². The minimum atomic E-state index is -0.249. The largest absolute Gasteiger partial charge is 0.332 e. The fraction of sp³-hybridized carbons (Fsp3) is 0.261. The highest BCUT2D eigenvalue weighted by Gasteiger charge is 2.16. The Hall–Kier alpha value is -3.17. The number of benzene rings is 2. The molecule has 1 amide bonds. The summed E-state index contributed by atoms with van der Waals surface area (Å²) in [4.78, 5) is 13.4. The molecule has 2 aromatic heterocycles. The standard InChI is InChI=1S/C23H24N6OS2/c1-13-17(20-28-29-14(2)26-27-22(29)32-20)7-6-8-18(13)24-21(31)25-19(30)15-9-11-16(12-10-15)23(3,4)5/h6-12H,1-5H3,(H2,24,25,30,31). The van der Waals surface area contributed by atoms with E-state index in [9.17, 15) is 4.79 Å². The predicted molar refractivity (Wildman–Crippen MR) is 132 cm³/mol. The average Bonchev–Trinajstić information content (AvgIpc) is 3.31. The summed E-state index contributed by atoms with van der Waals surface area (Å²) in [7, 11) is 0. The van der Waals surface area contributed by atoms with E-state index in [-0.39, 0.29) is 16.4 Å². The summed E-state index contributed by atoms with van der Waals surface area (Å²) in [6, 6.07) is 13.4. The molecule has 0 atom stereocenters. The fourth-order valence-corrected chi connectivity index (χ4v) is 4.45. The number of carbonyl (C=O) groups is 1. The van der Waals surface area contributed by atoms with Gasteiger partial charge in [-0.3, -0.25) is 10.1 Å². The van der Waals surface area contributed by atoms with Gasteiger partial charge in [0.05, 0.1) is 0 Å². The molecule has 0 radical (unpaired) electrons. The third kappa shape index (κ3) is 4.39. The third-order valence-corrected chi connectivity index (χ3v) is 6.34. The van der Waals surface area contributed by atoms with Crippen LogP contribution in [0.25, 0.3) is 15.5 Å². The lowest BCUT2D eigenvalue weighted by molar-refractivity contribution is 0.0977. The van der Waals surface area contributed by atoms with E-state index in [1.54, 1.807) is 4.52 Å². The molecule has 0 fully saturated rings. The first-order chi connectivity index (χ1) is 15.1. The normalized spacial score (nSPS) is 11.5. The molecule has 7 nitrogen and oxygen atoms in total. The predicted octanol–water partition coefficient (Wildman–Crippen LogP) is 4.89. The third-order valence-electron chi connectivity index (χ3n) is 5.20. The number of nitrogens with zero attached hydrogens (tertiary/aromatic N) is 4. The molecule has 0 bridgehead atoms. The summed E-state index contributed by atoms with van der Waals surface area (Å²) in [5.74, 6) is 0.495. The molecule has 0 aliphatic heterocycles. The minimum Gasteiger partial charge on any atom is -0.332 e. The number of fused-ring (bicyclic) bond motifs is 1. The van der Waals surface area contributed by atoms with Gasteiger partial charge in [0.15, 0.2) is 10.9 Å². The highest BCUT2D eigenvalue weighted by molar-refractivity contribution is 7.80. The number of hydrogen-bond acceptors (Lipinski definition) is 6. The number of hydrogen-bond donors (Lipinski definition) is 2. The van der Waals surface area contributed by atoms with Crippen LogP contribution in [0.3, 0.4) is 0 Å². The summed E-state index contributed by atoms with van der Waals surface area (Å²) < 4.78 is 1.73. The van der Waals surface area contributed by atoms with Gasteiger partial charge in [0.25, 0.3) is 5.91 Å². The number of anilines is 1. The van der Waals surface area contributed by atoms with E-state index in [2.05, 4.69) is 46.7 Å². The second-order valence-electron chi connectivity index (χ2n) is 8.56. The first-order valence-electron chi connectivity index (χ1n) is 10.1. The summed E-state index contributed by atoms with van der Waals surface area (Å²) in [5, 5.41) is 19.8. The van der Waals surface area contributed by atoms with Crippen LogP contribution < -0.4 is 10.6 Å². The van der Waals surface area contributed by atoms with Crippen LogP contribution in [-0.2, 0) is 5.41 Å². The first-order valence-corrected chi connectivity index (χ1v) is 11.4. The van der Waals surface area contributed by atoms with Crippen molar-refractivity contribution in [1.29, 1.82) is 0 Å². The average molecular weight is 465 g/mol. The van der Waals surface area contributed by atoms with Crippen LogP contribution in [0.15, 0.2) is 42.5 Å². The van der Waals surface area contributed by atoms with Crippen LogP contribution in [0.4, 0.5) is 5.69 Å². The van der Waals surface area contributed by atoms with Crippen LogP contribution >= 0.6 is 23.6 Å². The molecular formula is C23H24N6OS2. The summed E-state index contributed by atoms with van der Waals surface area (Å²) in [6.45, 7) is 10.3. The Balaban J connectivity index is 1.48. The van der Waals surface area contributed by atoms with E-state index in [0.29, 0.717) is 5.56 Å². The van der Waals surface area contributed by atoms with Crippen LogP contribution in [0.2, 0.25) is 0 Å². The van der Waals surface area contributed by atoms with E-state index in [1.807, 2.05) is 56.3 Å². The topological polar surface area (TPSA) is 84.2 Å². The quantitative estimate of drug-likeness (QED) is 0.420. The first kappa shape index (κ1) is 22.0. The van der Waals surface area contributed by atoms with Gasteiger partial charge in [-0.1, -0.05) is 56.4 Å². The van der Waals surface area contributed by atoms with E-state index in [4.69, 9.17) is 12.2 Å². The number of thiocarbonyl (C=S) groups is 1. The van der Waals surface area contributed by atoms with Gasteiger partial charge < -0.3 is 5.32 Å². The summed E-state index contributed by atoms with van der Waals surface area (Å²) >= 11 is 6.87. The van der Waals surface area contributed by atoms with Gasteiger partial charge in [-0.05, 0) is 60.8 Å². The second kappa shape index (κ2) is 8.40. The van der Waals surface area contributed by atoms with Gasteiger partial charge in [0, 0.05) is 16.8 Å². The van der Waals surface area contributed by atoms with Crippen LogP contribution in [0, 0.1) is 13.8 Å². The summed E-state index contributed by atoms with van der Waals surface area (Å²) in [5.41, 5.74) is 4.51. The van der Waals surface area contributed by atoms with E-state index < -0.39 is 0 Å². The van der Waals surface area contributed by atoms with Crippen molar-refractivity contribution >= 4 is 45.2 Å². The van der Waals surface area contributed by atoms with Crippen molar-refractivity contribution in [3.63, 3.8) is 0 Å². The van der Waals surface area contributed by atoms with E-state index >= 15 is 0 Å². The molecule has 2 heterocycles. The van der Waals surface area contributed by atoms with Crippen molar-refractivity contribution in [2.24, 2.45) is 0 Å². The van der Waals surface area contributed by atoms with Crippen LogP contribution in [0.5, 0.6) is 0 Å². The molecule has 32 heavy (non-hydrogen) atoms. The zero-order chi connectivity index (χ0) is 23.0. The van der Waals surface area contributed by atoms with Crippen molar-refractivity contribution in [2.45, 2.75) is 40.0 Å². The zero-order valence-electron chi connectivity index (χ0n) is 18.6. The van der Waals surface area contributed by atoms with Gasteiger partial charge in [-0.25, -0.2) is 0 Å². The Bertz CT molecular complexity index is 1310. The lowest BCUT2D eigenvalue weighted by Crippen LogP contribution is -2.34. The van der Waals surface area contributed by atoms with E-state index in [0.717, 1.165) is 32.6 Å². The monoisotopic (exact) mass is 464 g/mol. The van der Waals surface area contributed by atoms with Crippen molar-refractivity contribution in [3.8, 4) is 10.6 Å². The Morgan fingerprint density at radius 1 is 1.06 bits per heavy atom. The van der Waals surface area contributed by atoms with Gasteiger partial charge in [-0.2, -0.15) is 9.61 Å². The van der Waals surface area contributed by atoms with Gasteiger partial charge in [0.1, 0.15) is 5.01 Å². The minimum absolute atomic E-state index is 0.0318. The molecule has 0 spiro atoms. The van der Waals surface area contributed by atoms with Crippen LogP contribution in [0.1, 0.15) is 48.1 Å². The molecule has 9 heteroatoms. The Kier molecular flexibility index (Phi) is 5.79. The maximum absolute atomic E-state index is 12.6. The molecule has 0 aliphatic rings. The van der Waals surface area contributed by atoms with Crippen molar-refractivity contribution < 1.29 is 4.79 Å². The number of amides is 1. The maximum Gasteiger partial charge on any atom is 0.257 e. The molecule has 2 N–H and O–H groups in total. The molecule has 0 unspecified atom stereocenters. The Morgan fingerprint density at radius 3 is 2.44 bits per heavy atom. The Labute approximate surface area is 195 Å². The van der Waals surface area contributed by atoms with Crippen molar-refractivity contribution in [2.75, 3.05) is 5.32 Å². The second-order valence-corrected chi connectivity index (χ2v) is 9.93. The molecule has 0 aliphatic carbocycles. The SMILES string of the molecule is Cc1c(NC(=S)NC(=O)c2ccc(C(C)(C)C)cc2)cccc1-c1nn2c(C)nnc2s1. The van der Waals surface area contributed by atoms with E-state index in [1.165, 1.54) is 16.9 Å². The molecule has 4 rings (SSSR count). The lowest BCUT2D eigenvalue weighted by atomic mass is 9.87. The summed E-state index contributed by atoms with van der Waals surface area (Å²) in [6.07, 6.45) is 0.